The predicted octanol–water partition coefficient (Wildman–Crippen LogP) is 4.27. The molecule has 19 heavy (non-hydrogen) atoms. The number of rotatable bonds is 2. The minimum Gasteiger partial charge on any atom is -0.299 e. The van der Waals surface area contributed by atoms with Gasteiger partial charge in [0, 0.05) is 17.3 Å². The summed E-state index contributed by atoms with van der Waals surface area (Å²) in [6.45, 7) is 6.76. The van der Waals surface area contributed by atoms with Gasteiger partial charge in [0.25, 0.3) is 0 Å². The summed E-state index contributed by atoms with van der Waals surface area (Å²) in [5.41, 5.74) is 8.88. The van der Waals surface area contributed by atoms with Crippen LogP contribution in [-0.2, 0) is 4.79 Å². The first kappa shape index (κ1) is 14.1. The van der Waals surface area contributed by atoms with Crippen LogP contribution in [0.2, 0.25) is 0 Å². The molecule has 4 nitrogen and oxygen atoms in total. The number of nitrogens with zero attached hydrogens (tertiary/aromatic N) is 3. The van der Waals surface area contributed by atoms with Gasteiger partial charge in [0.1, 0.15) is 5.78 Å². The van der Waals surface area contributed by atoms with Crippen LogP contribution in [0.3, 0.4) is 0 Å². The Morgan fingerprint density at radius 3 is 2.79 bits per heavy atom. The van der Waals surface area contributed by atoms with Gasteiger partial charge in [0.15, 0.2) is 0 Å². The second kappa shape index (κ2) is 5.38. The van der Waals surface area contributed by atoms with Gasteiger partial charge >= 0.3 is 0 Å². The Morgan fingerprint density at radius 1 is 1.42 bits per heavy atom. The zero-order valence-electron chi connectivity index (χ0n) is 12.0. The Kier molecular flexibility index (Phi) is 4.00. The quantitative estimate of drug-likeness (QED) is 0.317. The smallest absolute Gasteiger partial charge is 0.136 e. The van der Waals surface area contributed by atoms with E-state index in [4.69, 9.17) is 5.53 Å². The SMILES string of the molecule is CC(C)(C)[C@H]1CCC(=O)[C@@H](C2CC=CC2N=[N+]=[N-])C1. The van der Waals surface area contributed by atoms with Gasteiger partial charge in [-0.05, 0) is 42.0 Å². The Morgan fingerprint density at radius 2 is 2.16 bits per heavy atom. The molecular weight excluding hydrogens is 238 g/mol. The molecule has 104 valence electrons. The van der Waals surface area contributed by atoms with Gasteiger partial charge in [-0.3, -0.25) is 4.79 Å². The molecule has 1 fully saturated rings. The van der Waals surface area contributed by atoms with Gasteiger partial charge in [-0.25, -0.2) is 0 Å². The van der Waals surface area contributed by atoms with Gasteiger partial charge in [0.2, 0.25) is 0 Å². The average molecular weight is 261 g/mol. The third-order valence-corrected chi connectivity index (χ3v) is 4.80. The highest BCUT2D eigenvalue weighted by atomic mass is 16.1. The van der Waals surface area contributed by atoms with Gasteiger partial charge in [-0.15, -0.1) is 0 Å². The Balaban J connectivity index is 2.13. The van der Waals surface area contributed by atoms with E-state index >= 15 is 0 Å². The van der Waals surface area contributed by atoms with Crippen LogP contribution in [-0.4, -0.2) is 11.8 Å². The average Bonchev–Trinajstić information content (AvgIpc) is 2.77. The number of Topliss-reactive ketones (excluding diaryl/α,β-unsaturated/α-hetero) is 1. The first-order valence-corrected chi connectivity index (χ1v) is 7.17. The van der Waals surface area contributed by atoms with Crippen molar-refractivity contribution in [3.05, 3.63) is 22.6 Å². The lowest BCUT2D eigenvalue weighted by atomic mass is 9.65. The lowest BCUT2D eigenvalue weighted by Crippen LogP contribution is -2.37. The fourth-order valence-electron chi connectivity index (χ4n) is 3.50. The van der Waals surface area contributed by atoms with E-state index in [9.17, 15) is 4.79 Å². The second-order valence-electron chi connectivity index (χ2n) is 6.93. The summed E-state index contributed by atoms with van der Waals surface area (Å²) in [4.78, 5) is 15.2. The van der Waals surface area contributed by atoms with E-state index in [1.54, 1.807) is 0 Å². The summed E-state index contributed by atoms with van der Waals surface area (Å²) in [6.07, 6.45) is 7.52. The Bertz CT molecular complexity index is 429. The molecule has 0 radical (unpaired) electrons. The van der Waals surface area contributed by atoms with E-state index < -0.39 is 0 Å². The lowest BCUT2D eigenvalue weighted by Gasteiger charge is -2.39. The molecule has 2 aliphatic carbocycles. The zero-order valence-corrected chi connectivity index (χ0v) is 12.0. The highest BCUT2D eigenvalue weighted by Crippen LogP contribution is 2.44. The molecule has 0 aromatic heterocycles. The molecule has 4 heteroatoms. The molecule has 0 spiro atoms. The fourth-order valence-corrected chi connectivity index (χ4v) is 3.50. The van der Waals surface area contributed by atoms with Crippen LogP contribution in [0.25, 0.3) is 10.4 Å². The van der Waals surface area contributed by atoms with Crippen molar-refractivity contribution in [3.8, 4) is 0 Å². The number of hydrogen-bond donors (Lipinski definition) is 0. The minimum atomic E-state index is -0.127. The van der Waals surface area contributed by atoms with Gasteiger partial charge in [-0.2, -0.15) is 0 Å². The van der Waals surface area contributed by atoms with Crippen LogP contribution in [0.15, 0.2) is 17.3 Å². The predicted molar refractivity (Wildman–Crippen MR) is 75.5 cm³/mol. The number of azide groups is 1. The molecule has 0 saturated heterocycles. The van der Waals surface area contributed by atoms with E-state index in [1.807, 2.05) is 6.08 Å². The Hall–Kier alpha value is -1.28. The molecule has 0 aromatic rings. The molecule has 2 aliphatic rings. The van der Waals surface area contributed by atoms with Crippen LogP contribution in [0.1, 0.15) is 46.5 Å². The van der Waals surface area contributed by atoms with E-state index in [0.717, 1.165) is 19.3 Å². The second-order valence-corrected chi connectivity index (χ2v) is 6.93. The van der Waals surface area contributed by atoms with Gasteiger partial charge < -0.3 is 0 Å². The summed E-state index contributed by atoms with van der Waals surface area (Å²) >= 11 is 0. The topological polar surface area (TPSA) is 65.8 Å². The normalized spacial score (nSPS) is 35.2. The summed E-state index contributed by atoms with van der Waals surface area (Å²) < 4.78 is 0. The standard InChI is InChI=1S/C15H23N3O/c1-15(2,3)10-7-8-14(19)12(9-10)11-5-4-6-13(11)17-18-16/h4,6,10-13H,5,7-9H2,1-3H3/t10-,11?,12+,13?/m0/s1. The minimum absolute atomic E-state index is 0.0727. The molecule has 1 saturated carbocycles. The highest BCUT2D eigenvalue weighted by molar-refractivity contribution is 5.82. The number of ketones is 1. The van der Waals surface area contributed by atoms with Crippen LogP contribution < -0.4 is 0 Å². The maximum Gasteiger partial charge on any atom is 0.136 e. The molecule has 0 N–H and O–H groups in total. The van der Waals surface area contributed by atoms with Crippen molar-refractivity contribution < 1.29 is 4.79 Å². The lowest BCUT2D eigenvalue weighted by molar-refractivity contribution is -0.128. The van der Waals surface area contributed by atoms with E-state index in [2.05, 4.69) is 36.9 Å². The first-order chi connectivity index (χ1) is 8.93. The monoisotopic (exact) mass is 261 g/mol. The molecule has 0 aromatic carbocycles. The van der Waals surface area contributed by atoms with Crippen molar-refractivity contribution in [2.24, 2.45) is 28.3 Å². The molecular formula is C15H23N3O. The van der Waals surface area contributed by atoms with Crippen molar-refractivity contribution in [2.75, 3.05) is 0 Å². The fraction of sp³-hybridized carbons (Fsp3) is 0.800. The number of hydrogen-bond acceptors (Lipinski definition) is 2. The van der Waals surface area contributed by atoms with Crippen LogP contribution in [0.4, 0.5) is 0 Å². The maximum absolute atomic E-state index is 12.2. The maximum atomic E-state index is 12.2. The third-order valence-electron chi connectivity index (χ3n) is 4.80. The largest absolute Gasteiger partial charge is 0.299 e. The van der Waals surface area contributed by atoms with Crippen LogP contribution >= 0.6 is 0 Å². The van der Waals surface area contributed by atoms with Gasteiger partial charge in [-0.1, -0.05) is 38.0 Å². The molecule has 4 atom stereocenters. The summed E-state index contributed by atoms with van der Waals surface area (Å²) in [6, 6.07) is -0.127. The molecule has 0 bridgehead atoms. The van der Waals surface area contributed by atoms with E-state index in [0.29, 0.717) is 18.1 Å². The number of allylic oxidation sites excluding steroid dienone is 1. The molecule has 0 aliphatic heterocycles. The first-order valence-electron chi connectivity index (χ1n) is 7.17. The van der Waals surface area contributed by atoms with Crippen molar-refractivity contribution >= 4 is 5.78 Å². The zero-order chi connectivity index (χ0) is 14.0. The van der Waals surface area contributed by atoms with E-state index in [1.165, 1.54) is 0 Å². The van der Waals surface area contributed by atoms with Crippen LogP contribution in [0.5, 0.6) is 0 Å². The third kappa shape index (κ3) is 3.01. The number of carbonyl (C=O) groups is 1. The van der Waals surface area contributed by atoms with Crippen molar-refractivity contribution in [2.45, 2.75) is 52.5 Å². The van der Waals surface area contributed by atoms with Crippen molar-refractivity contribution in [1.82, 2.24) is 0 Å². The van der Waals surface area contributed by atoms with E-state index in [-0.39, 0.29) is 23.3 Å². The summed E-state index contributed by atoms with van der Waals surface area (Å²) in [5, 5.41) is 3.84. The van der Waals surface area contributed by atoms with Crippen molar-refractivity contribution in [1.29, 1.82) is 0 Å². The Labute approximate surface area is 114 Å². The van der Waals surface area contributed by atoms with Gasteiger partial charge in [0.05, 0.1) is 6.04 Å². The molecule has 2 rings (SSSR count). The molecule has 0 amide bonds. The summed E-state index contributed by atoms with van der Waals surface area (Å²) in [7, 11) is 0. The highest BCUT2D eigenvalue weighted by Gasteiger charge is 2.41. The summed E-state index contributed by atoms with van der Waals surface area (Å²) in [5.74, 6) is 1.21. The number of carbonyl (C=O) groups excluding carboxylic acids is 1. The van der Waals surface area contributed by atoms with Crippen LogP contribution in [0, 0.1) is 23.2 Å². The van der Waals surface area contributed by atoms with Crippen molar-refractivity contribution in [3.63, 3.8) is 0 Å². The molecule has 0 heterocycles. The molecule has 2 unspecified atom stereocenters.